The van der Waals surface area contributed by atoms with Gasteiger partial charge in [-0.2, -0.15) is 0 Å². The molecule has 1 amide bonds. The first kappa shape index (κ1) is 14.3. The van der Waals surface area contributed by atoms with Crippen LogP contribution in [0.4, 0.5) is 5.69 Å². The van der Waals surface area contributed by atoms with Crippen molar-refractivity contribution in [2.75, 3.05) is 11.9 Å². The minimum Gasteiger partial charge on any atom is -0.330 e. The van der Waals surface area contributed by atoms with Crippen LogP contribution >= 0.6 is 0 Å². The SMILES string of the molecule is CC(CN)CC(=O)Nc1ccccc1-c1ccccc1. The number of benzene rings is 2. The molecule has 0 aliphatic heterocycles. The number of carbonyl (C=O) groups is 1. The van der Waals surface area contributed by atoms with Crippen LogP contribution < -0.4 is 11.1 Å². The normalized spacial score (nSPS) is 11.9. The summed E-state index contributed by atoms with van der Waals surface area (Å²) < 4.78 is 0. The molecule has 1 atom stereocenters. The van der Waals surface area contributed by atoms with Crippen molar-refractivity contribution in [3.63, 3.8) is 0 Å². The van der Waals surface area contributed by atoms with Crippen LogP contribution in [0.1, 0.15) is 13.3 Å². The van der Waals surface area contributed by atoms with E-state index in [1.54, 1.807) is 0 Å². The molecule has 0 radical (unpaired) electrons. The molecule has 3 N–H and O–H groups in total. The summed E-state index contributed by atoms with van der Waals surface area (Å²) in [6.07, 6.45) is 0.444. The Bertz CT molecular complexity index is 566. The summed E-state index contributed by atoms with van der Waals surface area (Å²) in [4.78, 5) is 12.0. The standard InChI is InChI=1S/C17H20N2O/c1-13(12-18)11-17(20)19-16-10-6-5-9-15(16)14-7-3-2-4-8-14/h2-10,13H,11-12,18H2,1H3,(H,19,20). The molecule has 0 aromatic heterocycles. The molecular formula is C17H20N2O. The zero-order chi connectivity index (χ0) is 14.4. The van der Waals surface area contributed by atoms with Crippen molar-refractivity contribution in [3.05, 3.63) is 54.6 Å². The molecular weight excluding hydrogens is 248 g/mol. The van der Waals surface area contributed by atoms with Crippen LogP contribution in [0.25, 0.3) is 11.1 Å². The van der Waals surface area contributed by atoms with Crippen LogP contribution in [0, 0.1) is 5.92 Å². The number of carbonyl (C=O) groups excluding carboxylic acids is 1. The summed E-state index contributed by atoms with van der Waals surface area (Å²) in [5.74, 6) is 0.199. The first-order valence-corrected chi connectivity index (χ1v) is 6.85. The lowest BCUT2D eigenvalue weighted by Crippen LogP contribution is -2.20. The van der Waals surface area contributed by atoms with E-state index >= 15 is 0 Å². The highest BCUT2D eigenvalue weighted by atomic mass is 16.1. The lowest BCUT2D eigenvalue weighted by atomic mass is 10.0. The van der Waals surface area contributed by atoms with E-state index in [0.717, 1.165) is 16.8 Å². The number of nitrogens with two attached hydrogens (primary N) is 1. The first-order valence-electron chi connectivity index (χ1n) is 6.85. The van der Waals surface area contributed by atoms with Crippen molar-refractivity contribution in [3.8, 4) is 11.1 Å². The largest absolute Gasteiger partial charge is 0.330 e. The van der Waals surface area contributed by atoms with E-state index in [-0.39, 0.29) is 11.8 Å². The average molecular weight is 268 g/mol. The molecule has 2 rings (SSSR count). The van der Waals surface area contributed by atoms with E-state index in [2.05, 4.69) is 5.32 Å². The van der Waals surface area contributed by atoms with Crippen molar-refractivity contribution in [1.29, 1.82) is 0 Å². The highest BCUT2D eigenvalue weighted by Gasteiger charge is 2.10. The smallest absolute Gasteiger partial charge is 0.224 e. The molecule has 0 heterocycles. The molecule has 0 fully saturated rings. The highest BCUT2D eigenvalue weighted by Crippen LogP contribution is 2.27. The van der Waals surface area contributed by atoms with Gasteiger partial charge in [0.25, 0.3) is 0 Å². The van der Waals surface area contributed by atoms with E-state index in [0.29, 0.717) is 13.0 Å². The molecule has 3 nitrogen and oxygen atoms in total. The van der Waals surface area contributed by atoms with Gasteiger partial charge in [0.1, 0.15) is 0 Å². The molecule has 3 heteroatoms. The van der Waals surface area contributed by atoms with Crippen LogP contribution in [-0.2, 0) is 4.79 Å². The van der Waals surface area contributed by atoms with Gasteiger partial charge in [-0.05, 0) is 24.1 Å². The Labute approximate surface area is 119 Å². The van der Waals surface area contributed by atoms with E-state index in [1.807, 2.05) is 61.5 Å². The minimum absolute atomic E-state index is 0.00586. The number of hydrogen-bond donors (Lipinski definition) is 2. The predicted octanol–water partition coefficient (Wildman–Crippen LogP) is 3.28. The molecule has 104 valence electrons. The maximum Gasteiger partial charge on any atom is 0.224 e. The molecule has 0 spiro atoms. The predicted molar refractivity (Wildman–Crippen MR) is 83.3 cm³/mol. The maximum atomic E-state index is 12.0. The highest BCUT2D eigenvalue weighted by molar-refractivity contribution is 5.95. The van der Waals surface area contributed by atoms with Crippen molar-refractivity contribution in [1.82, 2.24) is 0 Å². The third kappa shape index (κ3) is 3.68. The second-order valence-electron chi connectivity index (χ2n) is 5.00. The van der Waals surface area contributed by atoms with Gasteiger partial charge in [-0.1, -0.05) is 55.5 Å². The Balaban J connectivity index is 2.19. The lowest BCUT2D eigenvalue weighted by molar-refractivity contribution is -0.116. The summed E-state index contributed by atoms with van der Waals surface area (Å²) in [6.45, 7) is 2.50. The number of rotatable bonds is 5. The molecule has 1 unspecified atom stereocenters. The van der Waals surface area contributed by atoms with E-state index in [4.69, 9.17) is 5.73 Å². The van der Waals surface area contributed by atoms with Gasteiger partial charge >= 0.3 is 0 Å². The summed E-state index contributed by atoms with van der Waals surface area (Å²) in [7, 11) is 0. The Morgan fingerprint density at radius 1 is 1.10 bits per heavy atom. The Morgan fingerprint density at radius 2 is 1.75 bits per heavy atom. The van der Waals surface area contributed by atoms with Gasteiger partial charge in [-0.25, -0.2) is 0 Å². The van der Waals surface area contributed by atoms with Gasteiger partial charge in [-0.3, -0.25) is 4.79 Å². The first-order chi connectivity index (χ1) is 9.70. The van der Waals surface area contributed by atoms with Gasteiger partial charge in [0.15, 0.2) is 0 Å². The van der Waals surface area contributed by atoms with Gasteiger partial charge in [-0.15, -0.1) is 0 Å². The van der Waals surface area contributed by atoms with Crippen molar-refractivity contribution in [2.45, 2.75) is 13.3 Å². The van der Waals surface area contributed by atoms with Crippen molar-refractivity contribution in [2.24, 2.45) is 11.7 Å². The Morgan fingerprint density at radius 3 is 2.45 bits per heavy atom. The zero-order valence-electron chi connectivity index (χ0n) is 11.7. The molecule has 0 aliphatic carbocycles. The van der Waals surface area contributed by atoms with Crippen LogP contribution in [-0.4, -0.2) is 12.5 Å². The maximum absolute atomic E-state index is 12.0. The minimum atomic E-state index is 0.00586. The quantitative estimate of drug-likeness (QED) is 0.874. The fourth-order valence-electron chi connectivity index (χ4n) is 2.06. The summed E-state index contributed by atoms with van der Waals surface area (Å²) in [5.41, 5.74) is 8.52. The van der Waals surface area contributed by atoms with Crippen molar-refractivity contribution >= 4 is 11.6 Å². The van der Waals surface area contributed by atoms with Crippen LogP contribution in [0.2, 0.25) is 0 Å². The topological polar surface area (TPSA) is 55.1 Å². The number of para-hydroxylation sites is 1. The lowest BCUT2D eigenvalue weighted by Gasteiger charge is -2.13. The molecule has 0 saturated heterocycles. The summed E-state index contributed by atoms with van der Waals surface area (Å²) in [6, 6.07) is 17.9. The third-order valence-corrected chi connectivity index (χ3v) is 3.22. The van der Waals surface area contributed by atoms with Gasteiger partial charge in [0, 0.05) is 17.7 Å². The van der Waals surface area contributed by atoms with Crippen molar-refractivity contribution < 1.29 is 4.79 Å². The number of amides is 1. The second-order valence-corrected chi connectivity index (χ2v) is 5.00. The Kier molecular flexibility index (Phi) is 4.91. The molecule has 2 aromatic carbocycles. The van der Waals surface area contributed by atoms with Crippen LogP contribution in [0.5, 0.6) is 0 Å². The zero-order valence-corrected chi connectivity index (χ0v) is 11.7. The fourth-order valence-corrected chi connectivity index (χ4v) is 2.06. The van der Waals surface area contributed by atoms with E-state index in [9.17, 15) is 4.79 Å². The molecule has 2 aromatic rings. The third-order valence-electron chi connectivity index (χ3n) is 3.22. The van der Waals surface area contributed by atoms with Gasteiger partial charge < -0.3 is 11.1 Å². The van der Waals surface area contributed by atoms with Gasteiger partial charge in [0.2, 0.25) is 5.91 Å². The molecule has 20 heavy (non-hydrogen) atoms. The monoisotopic (exact) mass is 268 g/mol. The van der Waals surface area contributed by atoms with E-state index < -0.39 is 0 Å². The van der Waals surface area contributed by atoms with Crippen LogP contribution in [0.15, 0.2) is 54.6 Å². The fraction of sp³-hybridized carbons (Fsp3) is 0.235. The average Bonchev–Trinajstić information content (AvgIpc) is 2.48. The molecule has 0 saturated carbocycles. The number of nitrogens with one attached hydrogen (secondary N) is 1. The summed E-state index contributed by atoms with van der Waals surface area (Å²) in [5, 5.41) is 2.98. The molecule has 0 aliphatic rings. The second kappa shape index (κ2) is 6.87. The summed E-state index contributed by atoms with van der Waals surface area (Å²) >= 11 is 0. The van der Waals surface area contributed by atoms with Crippen LogP contribution in [0.3, 0.4) is 0 Å². The Hall–Kier alpha value is -2.13. The van der Waals surface area contributed by atoms with Gasteiger partial charge in [0.05, 0.1) is 0 Å². The molecule has 0 bridgehead atoms. The number of anilines is 1. The number of hydrogen-bond acceptors (Lipinski definition) is 2. The van der Waals surface area contributed by atoms with E-state index in [1.165, 1.54) is 0 Å².